The number of nitrogens with two attached hydrogens (primary N) is 1. The number of rotatable bonds is 8. The van der Waals surface area contributed by atoms with Gasteiger partial charge < -0.3 is 25.3 Å². The molecule has 0 aromatic heterocycles. The van der Waals surface area contributed by atoms with Crippen LogP contribution in [0, 0.1) is 10.1 Å². The third kappa shape index (κ3) is 4.58. The molecule has 0 spiro atoms. The first-order valence-electron chi connectivity index (χ1n) is 8.02. The maximum atomic E-state index is 12.1. The molecule has 0 unspecified atom stereocenters. The fourth-order valence-corrected chi connectivity index (χ4v) is 2.79. The highest BCUT2D eigenvalue weighted by Gasteiger charge is 2.29. The van der Waals surface area contributed by atoms with Crippen LogP contribution in [-0.4, -0.2) is 50.3 Å². The summed E-state index contributed by atoms with van der Waals surface area (Å²) in [5, 5.41) is 14.0. The number of nitrogens with zero attached hydrogens (tertiary/aromatic N) is 1. The molecule has 25 heavy (non-hydrogen) atoms. The molecule has 0 bridgehead atoms. The average Bonchev–Trinajstić information content (AvgIpc) is 3.10. The highest BCUT2D eigenvalue weighted by Crippen LogP contribution is 2.34. The lowest BCUT2D eigenvalue weighted by Crippen LogP contribution is -2.36. The molecule has 138 valence electrons. The predicted octanol–water partition coefficient (Wildman–Crippen LogP) is 0.777. The van der Waals surface area contributed by atoms with Crippen molar-refractivity contribution in [3.05, 3.63) is 27.8 Å². The van der Waals surface area contributed by atoms with Crippen molar-refractivity contribution in [2.75, 3.05) is 27.3 Å². The number of ether oxygens (including phenoxy) is 3. The molecule has 1 aromatic rings. The summed E-state index contributed by atoms with van der Waals surface area (Å²) in [6.45, 7) is 0.643. The molecule has 1 fully saturated rings. The number of hydrogen-bond donors (Lipinski definition) is 2. The van der Waals surface area contributed by atoms with Crippen LogP contribution < -0.4 is 20.5 Å². The van der Waals surface area contributed by atoms with Crippen LogP contribution in [0.4, 0.5) is 5.69 Å². The van der Waals surface area contributed by atoms with Crippen molar-refractivity contribution >= 4 is 11.6 Å². The molecular weight excluding hydrogens is 330 g/mol. The van der Waals surface area contributed by atoms with Crippen LogP contribution in [0.3, 0.4) is 0 Å². The molecule has 1 saturated heterocycles. The van der Waals surface area contributed by atoms with Crippen LogP contribution in [0.1, 0.15) is 18.4 Å². The predicted molar refractivity (Wildman–Crippen MR) is 89.9 cm³/mol. The van der Waals surface area contributed by atoms with Gasteiger partial charge in [0, 0.05) is 18.7 Å². The minimum Gasteiger partial charge on any atom is -0.493 e. The topological polar surface area (TPSA) is 126 Å². The second-order valence-electron chi connectivity index (χ2n) is 5.69. The highest BCUT2D eigenvalue weighted by molar-refractivity contribution is 5.81. The van der Waals surface area contributed by atoms with E-state index in [9.17, 15) is 14.9 Å². The molecule has 0 saturated carbocycles. The lowest BCUT2D eigenvalue weighted by Gasteiger charge is -2.13. The Bertz CT molecular complexity index is 637. The number of nitro benzene ring substituents is 1. The summed E-state index contributed by atoms with van der Waals surface area (Å²) in [6.07, 6.45) is 1.09. The zero-order valence-electron chi connectivity index (χ0n) is 14.3. The van der Waals surface area contributed by atoms with E-state index in [1.807, 2.05) is 0 Å². The number of nitro groups is 1. The standard InChI is InChI=1S/C16H23N3O6/c1-23-14-7-10(12(19(21)22)8-15(14)24-2)5-6-18-16(20)13-4-3-11(9-17)25-13/h7-8,11,13H,3-6,9,17H2,1-2H3,(H,18,20)/t11-,13+/m1/s1. The van der Waals surface area contributed by atoms with Crippen molar-refractivity contribution in [1.29, 1.82) is 0 Å². The number of hydrogen-bond acceptors (Lipinski definition) is 7. The number of carbonyl (C=O) groups is 1. The maximum Gasteiger partial charge on any atom is 0.276 e. The molecule has 3 N–H and O–H groups in total. The van der Waals surface area contributed by atoms with E-state index >= 15 is 0 Å². The van der Waals surface area contributed by atoms with Gasteiger partial charge in [-0.1, -0.05) is 0 Å². The zero-order valence-corrected chi connectivity index (χ0v) is 14.3. The second kappa shape index (κ2) is 8.63. The summed E-state index contributed by atoms with van der Waals surface area (Å²) in [7, 11) is 2.87. The van der Waals surface area contributed by atoms with Crippen molar-refractivity contribution in [2.45, 2.75) is 31.5 Å². The number of carbonyl (C=O) groups excluding carboxylic acids is 1. The van der Waals surface area contributed by atoms with Crippen LogP contribution >= 0.6 is 0 Å². The Morgan fingerprint density at radius 1 is 1.36 bits per heavy atom. The molecule has 9 heteroatoms. The lowest BCUT2D eigenvalue weighted by molar-refractivity contribution is -0.385. The van der Waals surface area contributed by atoms with E-state index in [1.165, 1.54) is 20.3 Å². The van der Waals surface area contributed by atoms with E-state index in [-0.39, 0.29) is 36.4 Å². The SMILES string of the molecule is COc1cc(CCNC(=O)[C@@H]2CC[C@H](CN)O2)c([N+](=O)[O-])cc1OC. The van der Waals surface area contributed by atoms with Gasteiger partial charge in [0.25, 0.3) is 5.69 Å². The van der Waals surface area contributed by atoms with Gasteiger partial charge in [-0.3, -0.25) is 14.9 Å². The van der Waals surface area contributed by atoms with Gasteiger partial charge in [0.05, 0.1) is 31.3 Å². The molecule has 0 radical (unpaired) electrons. The largest absolute Gasteiger partial charge is 0.493 e. The first-order chi connectivity index (χ1) is 12.0. The number of methoxy groups -OCH3 is 2. The van der Waals surface area contributed by atoms with E-state index in [1.54, 1.807) is 6.07 Å². The van der Waals surface area contributed by atoms with Gasteiger partial charge >= 0.3 is 0 Å². The van der Waals surface area contributed by atoms with Crippen LogP contribution in [0.2, 0.25) is 0 Å². The van der Waals surface area contributed by atoms with Gasteiger partial charge in [-0.25, -0.2) is 0 Å². The number of nitrogens with one attached hydrogen (secondary N) is 1. The minimum atomic E-state index is -0.506. The second-order valence-corrected chi connectivity index (χ2v) is 5.69. The molecule has 1 amide bonds. The van der Waals surface area contributed by atoms with Gasteiger partial charge in [-0.2, -0.15) is 0 Å². The zero-order chi connectivity index (χ0) is 18.4. The number of benzene rings is 1. The Morgan fingerprint density at radius 3 is 2.60 bits per heavy atom. The fraction of sp³-hybridized carbons (Fsp3) is 0.562. The first-order valence-corrected chi connectivity index (χ1v) is 8.02. The van der Waals surface area contributed by atoms with E-state index in [4.69, 9.17) is 19.9 Å². The third-order valence-electron chi connectivity index (χ3n) is 4.14. The van der Waals surface area contributed by atoms with Crippen LogP contribution in [-0.2, 0) is 16.0 Å². The monoisotopic (exact) mass is 353 g/mol. The molecule has 1 aromatic carbocycles. The smallest absolute Gasteiger partial charge is 0.276 e. The molecule has 2 rings (SSSR count). The normalized spacial score (nSPS) is 19.5. The summed E-state index contributed by atoms with van der Waals surface area (Å²) in [5.74, 6) is 0.465. The van der Waals surface area contributed by atoms with Gasteiger partial charge in [-0.15, -0.1) is 0 Å². The summed E-state index contributed by atoms with van der Waals surface area (Å²) in [4.78, 5) is 22.9. The van der Waals surface area contributed by atoms with Crippen LogP contribution in [0.5, 0.6) is 11.5 Å². The van der Waals surface area contributed by atoms with Crippen molar-refractivity contribution < 1.29 is 23.9 Å². The molecule has 1 aliphatic heterocycles. The lowest BCUT2D eigenvalue weighted by atomic mass is 10.1. The molecule has 2 atom stereocenters. The summed E-state index contributed by atoms with van der Waals surface area (Å²) in [6, 6.07) is 2.88. The summed E-state index contributed by atoms with van der Waals surface area (Å²) >= 11 is 0. The van der Waals surface area contributed by atoms with Crippen molar-refractivity contribution in [3.63, 3.8) is 0 Å². The number of amides is 1. The molecule has 1 aliphatic rings. The molecular formula is C16H23N3O6. The van der Waals surface area contributed by atoms with Crippen LogP contribution in [0.15, 0.2) is 12.1 Å². The van der Waals surface area contributed by atoms with Crippen molar-refractivity contribution in [1.82, 2.24) is 5.32 Å². The maximum absolute atomic E-state index is 12.1. The van der Waals surface area contributed by atoms with E-state index in [0.29, 0.717) is 24.3 Å². The summed E-state index contributed by atoms with van der Waals surface area (Å²) < 4.78 is 15.8. The van der Waals surface area contributed by atoms with E-state index in [2.05, 4.69) is 5.32 Å². The van der Waals surface area contributed by atoms with E-state index in [0.717, 1.165) is 6.42 Å². The van der Waals surface area contributed by atoms with Crippen molar-refractivity contribution in [2.24, 2.45) is 5.73 Å². The molecule has 9 nitrogen and oxygen atoms in total. The Hall–Kier alpha value is -2.39. The van der Waals surface area contributed by atoms with Gasteiger partial charge in [0.1, 0.15) is 6.10 Å². The van der Waals surface area contributed by atoms with Crippen LogP contribution in [0.25, 0.3) is 0 Å². The van der Waals surface area contributed by atoms with Gasteiger partial charge in [0.2, 0.25) is 5.91 Å². The molecule has 1 heterocycles. The quantitative estimate of drug-likeness (QED) is 0.522. The fourth-order valence-electron chi connectivity index (χ4n) is 2.79. The Kier molecular flexibility index (Phi) is 6.54. The van der Waals surface area contributed by atoms with Gasteiger partial charge in [0.15, 0.2) is 11.5 Å². The van der Waals surface area contributed by atoms with Crippen molar-refractivity contribution in [3.8, 4) is 11.5 Å². The Labute approximate surface area is 145 Å². The van der Waals surface area contributed by atoms with Gasteiger partial charge in [-0.05, 0) is 25.3 Å². The Morgan fingerprint density at radius 2 is 2.04 bits per heavy atom. The summed E-state index contributed by atoms with van der Waals surface area (Å²) in [5.41, 5.74) is 5.90. The molecule has 0 aliphatic carbocycles. The average molecular weight is 353 g/mol. The Balaban J connectivity index is 2.00. The minimum absolute atomic E-state index is 0.0767. The first kappa shape index (κ1) is 18.9. The van der Waals surface area contributed by atoms with E-state index < -0.39 is 11.0 Å². The third-order valence-corrected chi connectivity index (χ3v) is 4.14. The highest BCUT2D eigenvalue weighted by atomic mass is 16.6.